The highest BCUT2D eigenvalue weighted by molar-refractivity contribution is 7.81. The number of halogens is 5. The van der Waals surface area contributed by atoms with Gasteiger partial charge in [0.25, 0.3) is 17.4 Å². The number of aryl methyl sites for hydroxylation is 1. The number of H-pyrrole nitrogens is 1. The molecule has 0 spiro atoms. The molecule has 0 bridgehead atoms. The number of hydrogen-bond donors (Lipinski definition) is 1. The van der Waals surface area contributed by atoms with Crippen molar-refractivity contribution >= 4 is 51.3 Å². The molecule has 4 aromatic carbocycles. The average Bonchev–Trinajstić information content (AvgIpc) is 3.44. The lowest BCUT2D eigenvalue weighted by Gasteiger charge is -2.34. The van der Waals surface area contributed by atoms with Gasteiger partial charge in [0.05, 0.1) is 39.5 Å². The molecule has 11 nitrogen and oxygen atoms in total. The predicted octanol–water partition coefficient (Wildman–Crippen LogP) is 7.79. The van der Waals surface area contributed by atoms with Gasteiger partial charge in [0, 0.05) is 63.4 Å². The minimum absolute atomic E-state index is 0.000650. The van der Waals surface area contributed by atoms with Crippen molar-refractivity contribution in [1.82, 2.24) is 20.0 Å². The summed E-state index contributed by atoms with van der Waals surface area (Å²) in [6.45, 7) is 7.08. The molecule has 2 fully saturated rings. The number of ether oxygens (including phenoxy) is 1. The number of hydrogen-bond acceptors (Lipinski definition) is 8. The van der Waals surface area contributed by atoms with Crippen molar-refractivity contribution in [2.24, 2.45) is 0 Å². The number of fused-ring (bicyclic) bond motifs is 1. The third-order valence-electron chi connectivity index (χ3n) is 11.5. The first-order valence-corrected chi connectivity index (χ1v) is 20.9. The number of nitrogens with one attached hydrogen (secondary N) is 1. The maximum atomic E-state index is 15.4. The first-order chi connectivity index (χ1) is 30.1. The SMILES string of the molecule is CC1(C)C(=O)N(c2ccc(C#N)c(C(F)(F)F)c2)C(=S)N1c1ccc(CCCCOCCCN2CCN(C(=O)c3cc(Cc4n[nH]c(=O)c5ccccc45)ccc3F)CC2)c(F)c1. The van der Waals surface area contributed by atoms with E-state index in [9.17, 15) is 37.2 Å². The molecule has 2 amide bonds. The summed E-state index contributed by atoms with van der Waals surface area (Å²) in [6.07, 6.45) is -1.97. The fourth-order valence-electron chi connectivity index (χ4n) is 8.04. The van der Waals surface area contributed by atoms with Gasteiger partial charge < -0.3 is 14.5 Å². The van der Waals surface area contributed by atoms with Crippen LogP contribution in [0.4, 0.5) is 33.3 Å². The summed E-state index contributed by atoms with van der Waals surface area (Å²) in [7, 11) is 0. The van der Waals surface area contributed by atoms with E-state index in [1.807, 2.05) is 12.1 Å². The van der Waals surface area contributed by atoms with Gasteiger partial charge >= 0.3 is 6.18 Å². The lowest BCUT2D eigenvalue weighted by atomic mass is 10.0. The average molecular weight is 886 g/mol. The van der Waals surface area contributed by atoms with Gasteiger partial charge in [0.2, 0.25) is 0 Å². The van der Waals surface area contributed by atoms with Crippen LogP contribution in [0.3, 0.4) is 0 Å². The number of aromatic amines is 1. The summed E-state index contributed by atoms with van der Waals surface area (Å²) in [5.41, 5.74) is -1.51. The number of nitrogens with zero attached hydrogens (tertiary/aromatic N) is 6. The number of amides is 2. The molecular formula is C46H44F5N7O4S. The molecule has 3 heterocycles. The molecule has 5 aromatic rings. The molecule has 1 N–H and O–H groups in total. The molecular weight excluding hydrogens is 842 g/mol. The first kappa shape index (κ1) is 44.9. The monoisotopic (exact) mass is 885 g/mol. The second kappa shape index (κ2) is 18.7. The highest BCUT2D eigenvalue weighted by Gasteiger charge is 2.51. The van der Waals surface area contributed by atoms with E-state index >= 15 is 4.39 Å². The van der Waals surface area contributed by atoms with Gasteiger partial charge in [-0.25, -0.2) is 13.9 Å². The molecule has 0 aliphatic carbocycles. The zero-order valence-electron chi connectivity index (χ0n) is 34.6. The number of thiocarbonyl (C=S) groups is 1. The molecule has 328 valence electrons. The predicted molar refractivity (Wildman–Crippen MR) is 231 cm³/mol. The summed E-state index contributed by atoms with van der Waals surface area (Å²) in [4.78, 5) is 45.4. The number of nitriles is 1. The van der Waals surface area contributed by atoms with Crippen molar-refractivity contribution in [1.29, 1.82) is 5.26 Å². The maximum absolute atomic E-state index is 15.4. The van der Waals surface area contributed by atoms with E-state index in [0.29, 0.717) is 92.7 Å². The quantitative estimate of drug-likeness (QED) is 0.0676. The van der Waals surface area contributed by atoms with Crippen LogP contribution in [-0.2, 0) is 28.5 Å². The van der Waals surface area contributed by atoms with Crippen LogP contribution in [0.5, 0.6) is 0 Å². The number of anilines is 2. The lowest BCUT2D eigenvalue weighted by molar-refractivity contribution is -0.137. The van der Waals surface area contributed by atoms with Gasteiger partial charge in [-0.2, -0.15) is 23.5 Å². The first-order valence-electron chi connectivity index (χ1n) is 20.5. The lowest BCUT2D eigenvalue weighted by Crippen LogP contribution is -2.49. The molecule has 17 heteroatoms. The summed E-state index contributed by atoms with van der Waals surface area (Å²) < 4.78 is 77.3. The summed E-state index contributed by atoms with van der Waals surface area (Å²) in [6, 6.07) is 20.6. The molecule has 63 heavy (non-hydrogen) atoms. The van der Waals surface area contributed by atoms with Gasteiger partial charge in [-0.05, 0) is 111 Å². The Morgan fingerprint density at radius 1 is 0.889 bits per heavy atom. The Morgan fingerprint density at radius 3 is 2.32 bits per heavy atom. The maximum Gasteiger partial charge on any atom is 0.417 e. The van der Waals surface area contributed by atoms with Crippen molar-refractivity contribution in [2.45, 2.75) is 57.7 Å². The van der Waals surface area contributed by atoms with Crippen LogP contribution in [0, 0.1) is 23.0 Å². The van der Waals surface area contributed by atoms with Crippen molar-refractivity contribution in [3.8, 4) is 6.07 Å². The molecule has 2 aliphatic heterocycles. The minimum atomic E-state index is -4.83. The van der Waals surface area contributed by atoms with Gasteiger partial charge in [-0.3, -0.25) is 24.2 Å². The Morgan fingerprint density at radius 2 is 1.60 bits per heavy atom. The number of unbranched alkanes of at least 4 members (excludes halogenated alkanes) is 1. The Kier molecular flexibility index (Phi) is 13.4. The van der Waals surface area contributed by atoms with Crippen LogP contribution >= 0.6 is 12.2 Å². The number of carbonyl (C=O) groups excluding carboxylic acids is 2. The third kappa shape index (κ3) is 9.63. The standard InChI is InChI=1S/C46H44F5N7O4S/c1-45(2)43(61)57(32-14-13-31(28-52)37(26-32)46(49,50)51)44(63)58(45)33-15-12-30(39(48)27-33)8-5-6-22-62-23-7-17-55-18-20-56(21-19-55)42(60)36-24-29(11-16-38(36)47)25-40-34-9-3-4-10-35(34)41(59)54-53-40/h3-4,9-16,24,26-27H,5-8,17-23,25H2,1-2H3,(H,54,59). The number of rotatable bonds is 14. The Bertz CT molecular complexity index is 2660. The van der Waals surface area contributed by atoms with Crippen molar-refractivity contribution < 1.29 is 36.3 Å². The van der Waals surface area contributed by atoms with E-state index in [1.54, 1.807) is 55.1 Å². The largest absolute Gasteiger partial charge is 0.417 e. The van der Waals surface area contributed by atoms with E-state index in [1.165, 1.54) is 29.2 Å². The number of alkyl halides is 3. The zero-order valence-corrected chi connectivity index (χ0v) is 35.4. The van der Waals surface area contributed by atoms with Crippen LogP contribution in [0.25, 0.3) is 10.8 Å². The van der Waals surface area contributed by atoms with Crippen LogP contribution in [0.2, 0.25) is 0 Å². The number of benzene rings is 4. The van der Waals surface area contributed by atoms with Gasteiger partial charge in [-0.15, -0.1) is 0 Å². The molecule has 0 saturated carbocycles. The molecule has 1 aromatic heterocycles. The topological polar surface area (TPSA) is 126 Å². The highest BCUT2D eigenvalue weighted by Crippen LogP contribution is 2.40. The molecule has 2 aliphatic rings. The molecule has 2 saturated heterocycles. The molecule has 7 rings (SSSR count). The molecule has 0 unspecified atom stereocenters. The zero-order chi connectivity index (χ0) is 45.1. The Hall–Kier alpha value is -6.09. The van der Waals surface area contributed by atoms with Crippen molar-refractivity contribution in [3.63, 3.8) is 0 Å². The van der Waals surface area contributed by atoms with E-state index in [2.05, 4.69) is 15.1 Å². The van der Waals surface area contributed by atoms with E-state index in [-0.39, 0.29) is 33.5 Å². The van der Waals surface area contributed by atoms with E-state index in [4.69, 9.17) is 17.0 Å². The van der Waals surface area contributed by atoms with Crippen LogP contribution in [0.1, 0.15) is 71.4 Å². The van der Waals surface area contributed by atoms with Gasteiger partial charge in [0.15, 0.2) is 5.11 Å². The van der Waals surface area contributed by atoms with Crippen LogP contribution in [0.15, 0.2) is 83.7 Å². The second-order valence-corrected chi connectivity index (χ2v) is 16.4. The van der Waals surface area contributed by atoms with E-state index < -0.39 is 40.4 Å². The highest BCUT2D eigenvalue weighted by atomic mass is 32.1. The molecule has 0 radical (unpaired) electrons. The van der Waals surface area contributed by atoms with Crippen LogP contribution < -0.4 is 15.4 Å². The number of carbonyl (C=O) groups is 2. The normalized spacial score (nSPS) is 15.7. The van der Waals surface area contributed by atoms with E-state index in [0.717, 1.165) is 30.0 Å². The Labute approximate surface area is 365 Å². The fourth-order valence-corrected chi connectivity index (χ4v) is 8.56. The van der Waals surface area contributed by atoms with Gasteiger partial charge in [-0.1, -0.05) is 30.3 Å². The van der Waals surface area contributed by atoms with Gasteiger partial charge in [0.1, 0.15) is 17.2 Å². The molecule has 0 atom stereocenters. The summed E-state index contributed by atoms with van der Waals surface area (Å²) in [5, 5.41) is 17.0. The van der Waals surface area contributed by atoms with Crippen molar-refractivity contribution in [3.05, 3.63) is 134 Å². The minimum Gasteiger partial charge on any atom is -0.381 e. The number of aromatic nitrogens is 2. The Balaban J connectivity index is 0.827. The second-order valence-electron chi connectivity index (χ2n) is 16.0. The van der Waals surface area contributed by atoms with Crippen LogP contribution in [-0.4, -0.2) is 88.4 Å². The summed E-state index contributed by atoms with van der Waals surface area (Å²) >= 11 is 5.57. The third-order valence-corrected chi connectivity index (χ3v) is 11.8. The fraction of sp³-hybridized carbons (Fsp3) is 0.348. The van der Waals surface area contributed by atoms with Crippen molar-refractivity contribution in [2.75, 3.05) is 55.7 Å². The smallest absolute Gasteiger partial charge is 0.381 e. The number of piperazine rings is 1. The summed E-state index contributed by atoms with van der Waals surface area (Å²) in [5.74, 6) is -2.08.